The summed E-state index contributed by atoms with van der Waals surface area (Å²) in [4.78, 5) is 0. The van der Waals surface area contributed by atoms with Crippen LogP contribution in [-0.2, 0) is 0 Å². The molecule has 0 spiro atoms. The van der Waals surface area contributed by atoms with E-state index in [2.05, 4.69) is 47.6 Å². The van der Waals surface area contributed by atoms with Gasteiger partial charge in [-0.25, -0.2) is 0 Å². The van der Waals surface area contributed by atoms with Gasteiger partial charge in [0.2, 0.25) is 0 Å². The molecule has 0 aliphatic rings. The van der Waals surface area contributed by atoms with Gasteiger partial charge in [-0.15, -0.1) is 0 Å². The van der Waals surface area contributed by atoms with Crippen LogP contribution in [0.15, 0.2) is 40.7 Å². The van der Waals surface area contributed by atoms with Gasteiger partial charge in [-0.1, -0.05) is 0 Å². The molecule has 56 valence electrons. The second-order valence-electron chi connectivity index (χ2n) is 2.25. The molecule has 0 amide bonds. The summed E-state index contributed by atoms with van der Waals surface area (Å²) in [6.07, 6.45) is 0. The van der Waals surface area contributed by atoms with Crippen LogP contribution in [-0.4, -0.2) is 20.9 Å². The van der Waals surface area contributed by atoms with Gasteiger partial charge in [0.05, 0.1) is 0 Å². The van der Waals surface area contributed by atoms with E-state index in [1.54, 1.807) is 0 Å². The molecule has 1 aromatic carbocycles. The van der Waals surface area contributed by atoms with Crippen molar-refractivity contribution in [3.8, 4) is 0 Å². The van der Waals surface area contributed by atoms with E-state index in [9.17, 15) is 0 Å². The van der Waals surface area contributed by atoms with Gasteiger partial charge in [0, 0.05) is 0 Å². The number of aryl methyl sites for hydroxylation is 1. The number of benzene rings is 1. The van der Waals surface area contributed by atoms with E-state index >= 15 is 0 Å². The van der Waals surface area contributed by atoms with Crippen molar-refractivity contribution >= 4 is 24.5 Å². The van der Waals surface area contributed by atoms with Gasteiger partial charge < -0.3 is 0 Å². The Labute approximate surface area is 77.7 Å². The fraction of sp³-hybridized carbons (Fsp3) is 0.100. The first kappa shape index (κ1) is 8.62. The molecule has 0 heterocycles. The van der Waals surface area contributed by atoms with Crippen molar-refractivity contribution in [2.45, 2.75) is 6.92 Å². The normalized spacial score (nSPS) is 8.82. The molecule has 1 rings (SSSR count). The molecular formula is C10H10Te. The molecule has 11 heavy (non-hydrogen) atoms. The van der Waals surface area contributed by atoms with Gasteiger partial charge in [0.1, 0.15) is 0 Å². The van der Waals surface area contributed by atoms with Crippen LogP contribution in [0.5, 0.6) is 0 Å². The standard InChI is InChI=1S/C10H10Te/c1-3-8-11-10-6-4-9(2)5-7-10/h4-8H,1H2,2H3. The third-order valence-electron chi connectivity index (χ3n) is 1.30. The van der Waals surface area contributed by atoms with Crippen molar-refractivity contribution in [1.82, 2.24) is 0 Å². The maximum atomic E-state index is 3.55. The molecule has 0 N–H and O–H groups in total. The number of rotatable bonds is 2. The third kappa shape index (κ3) is 2.95. The van der Waals surface area contributed by atoms with Crippen molar-refractivity contribution in [2.24, 2.45) is 0 Å². The minimum atomic E-state index is -0.152. The van der Waals surface area contributed by atoms with Crippen molar-refractivity contribution in [1.29, 1.82) is 0 Å². The second-order valence-corrected chi connectivity index (χ2v) is 4.94. The van der Waals surface area contributed by atoms with Crippen LogP contribution in [0.3, 0.4) is 0 Å². The predicted molar refractivity (Wildman–Crippen MR) is 50.3 cm³/mol. The Morgan fingerprint density at radius 2 is 2.00 bits per heavy atom. The molecule has 0 aromatic heterocycles. The first-order valence-electron chi connectivity index (χ1n) is 3.40. The van der Waals surface area contributed by atoms with Crippen LogP contribution in [0.25, 0.3) is 0 Å². The average Bonchev–Trinajstić information content (AvgIpc) is 2.04. The van der Waals surface area contributed by atoms with E-state index in [1.165, 1.54) is 9.17 Å². The molecule has 0 unspecified atom stereocenters. The van der Waals surface area contributed by atoms with Gasteiger partial charge in [-0.3, -0.25) is 0 Å². The Bertz CT molecular complexity index is 265. The Kier molecular flexibility index (Phi) is 3.46. The number of hydrogen-bond donors (Lipinski definition) is 0. The van der Waals surface area contributed by atoms with E-state index in [0.29, 0.717) is 0 Å². The first-order valence-corrected chi connectivity index (χ1v) is 5.91. The van der Waals surface area contributed by atoms with Gasteiger partial charge in [0.25, 0.3) is 0 Å². The summed E-state index contributed by atoms with van der Waals surface area (Å²) >= 11 is -0.152. The van der Waals surface area contributed by atoms with Gasteiger partial charge >= 0.3 is 77.7 Å². The molecule has 0 radical (unpaired) electrons. The molecule has 0 fully saturated rings. The summed E-state index contributed by atoms with van der Waals surface area (Å²) in [6, 6.07) is 8.67. The van der Waals surface area contributed by atoms with E-state index in [-0.39, 0.29) is 20.9 Å². The predicted octanol–water partition coefficient (Wildman–Crippen LogP) is 1.62. The van der Waals surface area contributed by atoms with Gasteiger partial charge in [-0.05, 0) is 0 Å². The molecule has 0 aliphatic heterocycles. The topological polar surface area (TPSA) is 0 Å². The van der Waals surface area contributed by atoms with Gasteiger partial charge in [0.15, 0.2) is 0 Å². The molecule has 1 aromatic rings. The summed E-state index contributed by atoms with van der Waals surface area (Å²) in [7, 11) is 0. The van der Waals surface area contributed by atoms with Crippen molar-refractivity contribution in [3.05, 3.63) is 46.3 Å². The fourth-order valence-corrected chi connectivity index (χ4v) is 2.19. The Hall–Kier alpha value is -0.470. The van der Waals surface area contributed by atoms with Crippen LogP contribution in [0.4, 0.5) is 0 Å². The van der Waals surface area contributed by atoms with Crippen molar-refractivity contribution in [2.75, 3.05) is 0 Å². The summed E-state index contributed by atoms with van der Waals surface area (Å²) in [6.45, 7) is 5.65. The molecule has 0 bridgehead atoms. The zero-order chi connectivity index (χ0) is 8.10. The monoisotopic (exact) mass is 260 g/mol. The summed E-state index contributed by atoms with van der Waals surface area (Å²) in [5.41, 5.74) is 4.14. The van der Waals surface area contributed by atoms with Crippen LogP contribution >= 0.6 is 0 Å². The Balaban J connectivity index is 2.73. The SMILES string of the molecule is C=C=C[Te]c1ccc(C)cc1. The Morgan fingerprint density at radius 1 is 1.36 bits per heavy atom. The zero-order valence-corrected chi connectivity index (χ0v) is 8.83. The Morgan fingerprint density at radius 3 is 2.55 bits per heavy atom. The molecule has 0 nitrogen and oxygen atoms in total. The van der Waals surface area contributed by atoms with Crippen molar-refractivity contribution < 1.29 is 0 Å². The third-order valence-corrected chi connectivity index (χ3v) is 3.66. The quantitative estimate of drug-likeness (QED) is 0.558. The van der Waals surface area contributed by atoms with E-state index in [0.717, 1.165) is 0 Å². The molecule has 0 saturated carbocycles. The average molecular weight is 258 g/mol. The van der Waals surface area contributed by atoms with E-state index in [4.69, 9.17) is 0 Å². The maximum absolute atomic E-state index is 3.55. The molecular weight excluding hydrogens is 248 g/mol. The molecule has 0 atom stereocenters. The number of hydrogen-bond acceptors (Lipinski definition) is 0. The van der Waals surface area contributed by atoms with E-state index in [1.807, 2.05) is 0 Å². The summed E-state index contributed by atoms with van der Waals surface area (Å²) in [5, 5.41) is 0. The summed E-state index contributed by atoms with van der Waals surface area (Å²) < 4.78 is 3.51. The molecule has 0 saturated heterocycles. The first-order chi connectivity index (χ1) is 5.33. The molecule has 1 heteroatoms. The molecule has 0 aliphatic carbocycles. The van der Waals surface area contributed by atoms with Crippen LogP contribution in [0.1, 0.15) is 5.56 Å². The second kappa shape index (κ2) is 4.42. The zero-order valence-electron chi connectivity index (χ0n) is 6.50. The van der Waals surface area contributed by atoms with Gasteiger partial charge in [-0.2, -0.15) is 0 Å². The van der Waals surface area contributed by atoms with Crippen LogP contribution in [0.2, 0.25) is 0 Å². The summed E-state index contributed by atoms with van der Waals surface area (Å²) in [5.74, 6) is 0. The fourth-order valence-electron chi connectivity index (χ4n) is 0.727. The van der Waals surface area contributed by atoms with E-state index < -0.39 is 0 Å². The minimum absolute atomic E-state index is 0.152. The van der Waals surface area contributed by atoms with Crippen LogP contribution < -0.4 is 3.61 Å². The van der Waals surface area contributed by atoms with Crippen LogP contribution in [0, 0.1) is 6.92 Å². The van der Waals surface area contributed by atoms with Crippen molar-refractivity contribution in [3.63, 3.8) is 0 Å².